The molecule has 0 saturated heterocycles. The number of aromatic nitrogens is 2. The number of rotatable bonds is 6. The molecule has 0 atom stereocenters. The van der Waals surface area contributed by atoms with Crippen LogP contribution in [-0.4, -0.2) is 30.3 Å². The van der Waals surface area contributed by atoms with Crippen molar-refractivity contribution in [2.24, 2.45) is 0 Å². The van der Waals surface area contributed by atoms with Gasteiger partial charge in [0.2, 0.25) is 5.88 Å². The first-order valence-corrected chi connectivity index (χ1v) is 8.47. The highest BCUT2D eigenvalue weighted by molar-refractivity contribution is 5.75. The number of nitrogens with two attached hydrogens (primary N) is 1. The van der Waals surface area contributed by atoms with Crippen molar-refractivity contribution in [1.29, 1.82) is 0 Å². The number of hydrogen-bond acceptors (Lipinski definition) is 7. The third kappa shape index (κ3) is 4.04. The first kappa shape index (κ1) is 17.1. The molecular formula is C18H24N4O3. The molecule has 1 heterocycles. The monoisotopic (exact) mass is 344 g/mol. The Morgan fingerprint density at radius 2 is 1.88 bits per heavy atom. The van der Waals surface area contributed by atoms with Crippen molar-refractivity contribution >= 4 is 17.2 Å². The molecular weight excluding hydrogens is 320 g/mol. The number of anilines is 3. The lowest BCUT2D eigenvalue weighted by Gasteiger charge is -2.23. The molecule has 25 heavy (non-hydrogen) atoms. The number of nitrogen functional groups attached to an aromatic ring is 1. The first-order chi connectivity index (χ1) is 12.2. The van der Waals surface area contributed by atoms with E-state index in [0.717, 1.165) is 18.5 Å². The van der Waals surface area contributed by atoms with Gasteiger partial charge in [0.1, 0.15) is 29.6 Å². The second-order valence-corrected chi connectivity index (χ2v) is 6.01. The van der Waals surface area contributed by atoms with E-state index < -0.39 is 0 Å². The molecule has 2 aromatic rings. The molecule has 1 aliphatic rings. The number of hydrogen-bond donors (Lipinski definition) is 2. The summed E-state index contributed by atoms with van der Waals surface area (Å²) in [6.07, 6.45) is 7.34. The van der Waals surface area contributed by atoms with Crippen LogP contribution in [0.4, 0.5) is 17.2 Å². The highest BCUT2D eigenvalue weighted by Gasteiger charge is 2.19. The molecule has 1 aromatic heterocycles. The SMILES string of the molecule is COc1ccc(Nc2ncnc(OC3CCCCC3)c2N)c(OC)c1. The topological polar surface area (TPSA) is 91.5 Å². The van der Waals surface area contributed by atoms with Gasteiger partial charge in [0.05, 0.1) is 19.9 Å². The van der Waals surface area contributed by atoms with Gasteiger partial charge < -0.3 is 25.3 Å². The lowest BCUT2D eigenvalue weighted by molar-refractivity contribution is 0.149. The summed E-state index contributed by atoms with van der Waals surface area (Å²) in [6, 6.07) is 5.47. The summed E-state index contributed by atoms with van der Waals surface area (Å²) in [5.74, 6) is 2.26. The van der Waals surface area contributed by atoms with Crippen LogP contribution < -0.4 is 25.3 Å². The standard InChI is InChI=1S/C18H24N4O3/c1-23-13-8-9-14(15(10-13)24-2)22-17-16(19)18(21-11-20-17)25-12-6-4-3-5-7-12/h8-12H,3-7,19H2,1-2H3,(H,20,21,22). The second-order valence-electron chi connectivity index (χ2n) is 6.01. The largest absolute Gasteiger partial charge is 0.497 e. The minimum atomic E-state index is 0.175. The Morgan fingerprint density at radius 3 is 2.60 bits per heavy atom. The second kappa shape index (κ2) is 7.92. The number of ether oxygens (including phenoxy) is 3. The Morgan fingerprint density at radius 1 is 1.08 bits per heavy atom. The van der Waals surface area contributed by atoms with Crippen LogP contribution in [0.3, 0.4) is 0 Å². The third-order valence-electron chi connectivity index (χ3n) is 4.34. The van der Waals surface area contributed by atoms with Crippen LogP contribution in [0.15, 0.2) is 24.5 Å². The van der Waals surface area contributed by atoms with Gasteiger partial charge in [-0.25, -0.2) is 4.98 Å². The fourth-order valence-electron chi connectivity index (χ4n) is 2.94. The molecule has 134 valence electrons. The molecule has 0 radical (unpaired) electrons. The van der Waals surface area contributed by atoms with Crippen molar-refractivity contribution in [3.63, 3.8) is 0 Å². The highest BCUT2D eigenvalue weighted by atomic mass is 16.5. The van der Waals surface area contributed by atoms with Crippen molar-refractivity contribution in [1.82, 2.24) is 9.97 Å². The quantitative estimate of drug-likeness (QED) is 0.828. The number of nitrogens with one attached hydrogen (secondary N) is 1. The first-order valence-electron chi connectivity index (χ1n) is 8.47. The molecule has 1 saturated carbocycles. The van der Waals surface area contributed by atoms with E-state index in [1.165, 1.54) is 25.6 Å². The number of nitrogens with zero attached hydrogens (tertiary/aromatic N) is 2. The van der Waals surface area contributed by atoms with Gasteiger partial charge >= 0.3 is 0 Å². The highest BCUT2D eigenvalue weighted by Crippen LogP contribution is 2.35. The molecule has 1 fully saturated rings. The molecule has 3 rings (SSSR count). The van der Waals surface area contributed by atoms with E-state index in [1.54, 1.807) is 20.3 Å². The van der Waals surface area contributed by atoms with Gasteiger partial charge in [-0.3, -0.25) is 0 Å². The van der Waals surface area contributed by atoms with E-state index in [0.29, 0.717) is 28.9 Å². The maximum Gasteiger partial charge on any atom is 0.242 e. The Balaban J connectivity index is 1.80. The van der Waals surface area contributed by atoms with Gasteiger partial charge in [-0.15, -0.1) is 0 Å². The third-order valence-corrected chi connectivity index (χ3v) is 4.34. The maximum atomic E-state index is 6.22. The summed E-state index contributed by atoms with van der Waals surface area (Å²) >= 11 is 0. The van der Waals surface area contributed by atoms with Gasteiger partial charge in [0, 0.05) is 6.07 Å². The number of benzene rings is 1. The van der Waals surface area contributed by atoms with Gasteiger partial charge in [-0.1, -0.05) is 6.42 Å². The van der Waals surface area contributed by atoms with E-state index in [1.807, 2.05) is 12.1 Å². The van der Waals surface area contributed by atoms with Gasteiger partial charge in [-0.2, -0.15) is 4.98 Å². The van der Waals surface area contributed by atoms with Gasteiger partial charge in [-0.05, 0) is 37.8 Å². The van der Waals surface area contributed by atoms with Crippen LogP contribution in [0, 0.1) is 0 Å². The lowest BCUT2D eigenvalue weighted by atomic mass is 9.98. The van der Waals surface area contributed by atoms with Gasteiger partial charge in [0.25, 0.3) is 0 Å². The van der Waals surface area contributed by atoms with Crippen LogP contribution in [0.2, 0.25) is 0 Å². The summed E-state index contributed by atoms with van der Waals surface area (Å²) < 4.78 is 16.6. The van der Waals surface area contributed by atoms with Gasteiger partial charge in [0.15, 0.2) is 5.82 Å². The van der Waals surface area contributed by atoms with E-state index >= 15 is 0 Å². The van der Waals surface area contributed by atoms with Crippen molar-refractivity contribution in [3.8, 4) is 17.4 Å². The molecule has 1 aliphatic carbocycles. The molecule has 0 spiro atoms. The minimum Gasteiger partial charge on any atom is -0.497 e. The lowest BCUT2D eigenvalue weighted by Crippen LogP contribution is -2.21. The Bertz CT molecular complexity index is 717. The van der Waals surface area contributed by atoms with Crippen molar-refractivity contribution < 1.29 is 14.2 Å². The van der Waals surface area contributed by atoms with Crippen LogP contribution in [0.25, 0.3) is 0 Å². The minimum absolute atomic E-state index is 0.175. The molecule has 0 unspecified atom stereocenters. The fraction of sp³-hybridized carbons (Fsp3) is 0.444. The van der Waals surface area contributed by atoms with E-state index in [9.17, 15) is 0 Å². The summed E-state index contributed by atoms with van der Waals surface area (Å²) in [5.41, 5.74) is 7.35. The predicted molar refractivity (Wildman–Crippen MR) is 96.8 cm³/mol. The zero-order chi connectivity index (χ0) is 17.6. The van der Waals surface area contributed by atoms with Crippen LogP contribution in [0.1, 0.15) is 32.1 Å². The van der Waals surface area contributed by atoms with Crippen molar-refractivity contribution in [3.05, 3.63) is 24.5 Å². The molecule has 0 amide bonds. The normalized spacial score (nSPS) is 14.8. The Labute approximate surface area is 147 Å². The number of methoxy groups -OCH3 is 2. The van der Waals surface area contributed by atoms with Crippen LogP contribution in [-0.2, 0) is 0 Å². The average Bonchev–Trinajstić information content (AvgIpc) is 2.66. The zero-order valence-electron chi connectivity index (χ0n) is 14.6. The molecule has 1 aromatic carbocycles. The van der Waals surface area contributed by atoms with Crippen molar-refractivity contribution in [2.45, 2.75) is 38.2 Å². The zero-order valence-corrected chi connectivity index (χ0v) is 14.6. The maximum absolute atomic E-state index is 6.22. The van der Waals surface area contributed by atoms with E-state index in [2.05, 4.69) is 15.3 Å². The Kier molecular flexibility index (Phi) is 5.42. The smallest absolute Gasteiger partial charge is 0.242 e. The van der Waals surface area contributed by atoms with Crippen molar-refractivity contribution in [2.75, 3.05) is 25.3 Å². The molecule has 0 bridgehead atoms. The average molecular weight is 344 g/mol. The van der Waals surface area contributed by atoms with Crippen LogP contribution in [0.5, 0.6) is 17.4 Å². The van der Waals surface area contributed by atoms with Crippen LogP contribution >= 0.6 is 0 Å². The fourth-order valence-corrected chi connectivity index (χ4v) is 2.94. The summed E-state index contributed by atoms with van der Waals surface area (Å²) in [5, 5.41) is 3.18. The van der Waals surface area contributed by atoms with E-state index in [4.69, 9.17) is 19.9 Å². The summed E-state index contributed by atoms with van der Waals surface area (Å²) in [7, 11) is 3.21. The van der Waals surface area contributed by atoms with E-state index in [-0.39, 0.29) is 6.10 Å². The predicted octanol–water partition coefficient (Wildman–Crippen LogP) is 3.53. The summed E-state index contributed by atoms with van der Waals surface area (Å²) in [6.45, 7) is 0. The molecule has 7 nitrogen and oxygen atoms in total. The molecule has 0 aliphatic heterocycles. The molecule has 3 N–H and O–H groups in total. The molecule has 7 heteroatoms. The Hall–Kier alpha value is -2.70. The summed E-state index contributed by atoms with van der Waals surface area (Å²) in [4.78, 5) is 8.43.